The van der Waals surface area contributed by atoms with Gasteiger partial charge in [-0.1, -0.05) is 0 Å². The minimum Gasteiger partial charge on any atom is -0.466 e. The van der Waals surface area contributed by atoms with Crippen LogP contribution in [-0.4, -0.2) is 27.1 Å². The van der Waals surface area contributed by atoms with Gasteiger partial charge in [0.05, 0.1) is 19.1 Å². The first-order valence-corrected chi connectivity index (χ1v) is 7.19. The standard InChI is InChI=1S/C17H17N3O3/c1-17(22,15-3-2-10-23-15)11-19-16(21)13-4-6-14(7-5-13)20-9-8-18-12-20/h2-10,12,22H,11H2,1H3,(H,19,21). The number of benzene rings is 1. The highest BCUT2D eigenvalue weighted by Crippen LogP contribution is 2.20. The zero-order valence-corrected chi connectivity index (χ0v) is 12.6. The van der Waals surface area contributed by atoms with E-state index in [4.69, 9.17) is 4.42 Å². The van der Waals surface area contributed by atoms with Crippen molar-refractivity contribution in [3.8, 4) is 5.69 Å². The summed E-state index contributed by atoms with van der Waals surface area (Å²) in [4.78, 5) is 16.2. The van der Waals surface area contributed by atoms with Crippen molar-refractivity contribution in [2.45, 2.75) is 12.5 Å². The van der Waals surface area contributed by atoms with Crippen molar-refractivity contribution in [1.82, 2.24) is 14.9 Å². The predicted molar refractivity (Wildman–Crippen MR) is 84.2 cm³/mol. The zero-order valence-electron chi connectivity index (χ0n) is 12.6. The molecule has 0 aliphatic heterocycles. The highest BCUT2D eigenvalue weighted by atomic mass is 16.4. The fourth-order valence-corrected chi connectivity index (χ4v) is 2.22. The fourth-order valence-electron chi connectivity index (χ4n) is 2.22. The molecular weight excluding hydrogens is 294 g/mol. The van der Waals surface area contributed by atoms with Crippen molar-refractivity contribution < 1.29 is 14.3 Å². The van der Waals surface area contributed by atoms with Crippen molar-refractivity contribution in [2.24, 2.45) is 0 Å². The summed E-state index contributed by atoms with van der Waals surface area (Å²) in [7, 11) is 0. The predicted octanol–water partition coefficient (Wildman–Crippen LogP) is 2.10. The van der Waals surface area contributed by atoms with Crippen molar-refractivity contribution in [3.63, 3.8) is 0 Å². The van der Waals surface area contributed by atoms with Gasteiger partial charge in [0.25, 0.3) is 5.91 Å². The van der Waals surface area contributed by atoms with Crippen LogP contribution < -0.4 is 5.32 Å². The third kappa shape index (κ3) is 3.32. The lowest BCUT2D eigenvalue weighted by molar-refractivity contribution is 0.0330. The van der Waals surface area contributed by atoms with Gasteiger partial charge in [-0.15, -0.1) is 0 Å². The Hall–Kier alpha value is -2.86. The number of nitrogens with zero attached hydrogens (tertiary/aromatic N) is 2. The second-order valence-electron chi connectivity index (χ2n) is 5.45. The van der Waals surface area contributed by atoms with Crippen LogP contribution in [0.4, 0.5) is 0 Å². The normalized spacial score (nSPS) is 13.5. The molecule has 2 aromatic heterocycles. The Bertz CT molecular complexity index is 760. The van der Waals surface area contributed by atoms with Crippen molar-refractivity contribution >= 4 is 5.91 Å². The molecule has 1 amide bonds. The van der Waals surface area contributed by atoms with Crippen molar-refractivity contribution in [2.75, 3.05) is 6.54 Å². The number of amides is 1. The van der Waals surface area contributed by atoms with Crippen molar-refractivity contribution in [3.05, 3.63) is 72.7 Å². The molecule has 0 saturated carbocycles. The van der Waals surface area contributed by atoms with E-state index >= 15 is 0 Å². The van der Waals surface area contributed by atoms with E-state index in [-0.39, 0.29) is 12.5 Å². The molecule has 2 heterocycles. The molecular formula is C17H17N3O3. The molecule has 6 heteroatoms. The van der Waals surface area contributed by atoms with E-state index in [1.54, 1.807) is 43.7 Å². The fraction of sp³-hybridized carbons (Fsp3) is 0.176. The van der Waals surface area contributed by atoms with Crippen LogP contribution in [0.1, 0.15) is 23.0 Å². The lowest BCUT2D eigenvalue weighted by Gasteiger charge is -2.21. The monoisotopic (exact) mass is 311 g/mol. The lowest BCUT2D eigenvalue weighted by Crippen LogP contribution is -2.38. The van der Waals surface area contributed by atoms with Crippen LogP contribution in [0, 0.1) is 0 Å². The number of imidazole rings is 1. The minimum absolute atomic E-state index is 0.0582. The molecule has 3 aromatic rings. The Morgan fingerprint density at radius 2 is 2.13 bits per heavy atom. The molecule has 0 fully saturated rings. The molecule has 2 N–H and O–H groups in total. The molecule has 0 spiro atoms. The molecule has 0 aliphatic rings. The molecule has 1 aromatic carbocycles. The number of carbonyl (C=O) groups excluding carboxylic acids is 1. The Morgan fingerprint density at radius 3 is 2.74 bits per heavy atom. The van der Waals surface area contributed by atoms with Crippen LogP contribution in [0.25, 0.3) is 5.69 Å². The number of furan rings is 1. The van der Waals surface area contributed by atoms with E-state index < -0.39 is 5.60 Å². The smallest absolute Gasteiger partial charge is 0.251 e. The number of hydrogen-bond acceptors (Lipinski definition) is 4. The van der Waals surface area contributed by atoms with Gasteiger partial charge >= 0.3 is 0 Å². The Labute approximate surface area is 133 Å². The Balaban J connectivity index is 1.64. The van der Waals surface area contributed by atoms with Gasteiger partial charge < -0.3 is 19.4 Å². The van der Waals surface area contributed by atoms with Crippen LogP contribution in [0.5, 0.6) is 0 Å². The van der Waals surface area contributed by atoms with Crippen LogP contribution in [-0.2, 0) is 5.60 Å². The van der Waals surface area contributed by atoms with Gasteiger partial charge in [-0.2, -0.15) is 0 Å². The van der Waals surface area contributed by atoms with Gasteiger partial charge in [0.1, 0.15) is 11.4 Å². The van der Waals surface area contributed by atoms with Crippen LogP contribution in [0.3, 0.4) is 0 Å². The van der Waals surface area contributed by atoms with Gasteiger partial charge in [0.2, 0.25) is 0 Å². The summed E-state index contributed by atoms with van der Waals surface area (Å²) < 4.78 is 7.03. The summed E-state index contributed by atoms with van der Waals surface area (Å²) in [6.07, 6.45) is 6.70. The number of aliphatic hydroxyl groups is 1. The molecule has 6 nitrogen and oxygen atoms in total. The number of aromatic nitrogens is 2. The lowest BCUT2D eigenvalue weighted by atomic mass is 10.0. The molecule has 0 saturated heterocycles. The summed E-state index contributed by atoms with van der Waals surface area (Å²) in [5.41, 5.74) is 0.182. The second-order valence-corrected chi connectivity index (χ2v) is 5.45. The summed E-state index contributed by atoms with van der Waals surface area (Å²) in [6, 6.07) is 10.5. The van der Waals surface area contributed by atoms with E-state index in [1.807, 2.05) is 22.9 Å². The molecule has 0 bridgehead atoms. The van der Waals surface area contributed by atoms with Gasteiger partial charge in [0, 0.05) is 23.6 Å². The maximum absolute atomic E-state index is 12.2. The molecule has 23 heavy (non-hydrogen) atoms. The van der Waals surface area contributed by atoms with Gasteiger partial charge in [-0.05, 0) is 43.3 Å². The number of nitrogens with one attached hydrogen (secondary N) is 1. The molecule has 1 atom stereocenters. The van der Waals surface area contributed by atoms with Crippen LogP contribution in [0.2, 0.25) is 0 Å². The first-order valence-electron chi connectivity index (χ1n) is 7.19. The first kappa shape index (κ1) is 15.1. The highest BCUT2D eigenvalue weighted by molar-refractivity contribution is 5.94. The average Bonchev–Trinajstić information content (AvgIpc) is 3.26. The maximum atomic E-state index is 12.2. The molecule has 0 radical (unpaired) electrons. The molecule has 3 rings (SSSR count). The number of rotatable bonds is 5. The molecule has 1 unspecified atom stereocenters. The third-order valence-corrected chi connectivity index (χ3v) is 3.58. The summed E-state index contributed by atoms with van der Waals surface area (Å²) in [5.74, 6) is 0.155. The largest absolute Gasteiger partial charge is 0.466 e. The van der Waals surface area contributed by atoms with Gasteiger partial charge in [-0.3, -0.25) is 4.79 Å². The number of carbonyl (C=O) groups is 1. The van der Waals surface area contributed by atoms with Crippen molar-refractivity contribution in [1.29, 1.82) is 0 Å². The number of hydrogen-bond donors (Lipinski definition) is 2. The third-order valence-electron chi connectivity index (χ3n) is 3.58. The average molecular weight is 311 g/mol. The minimum atomic E-state index is -1.25. The second kappa shape index (κ2) is 6.10. The topological polar surface area (TPSA) is 80.3 Å². The van der Waals surface area contributed by atoms with E-state index in [0.29, 0.717) is 11.3 Å². The van der Waals surface area contributed by atoms with Gasteiger partial charge in [-0.25, -0.2) is 4.98 Å². The van der Waals surface area contributed by atoms with Crippen LogP contribution in [0.15, 0.2) is 65.8 Å². The Kier molecular flexibility index (Phi) is 3.99. The SMILES string of the molecule is CC(O)(CNC(=O)c1ccc(-n2ccnc2)cc1)c1ccco1. The highest BCUT2D eigenvalue weighted by Gasteiger charge is 2.26. The first-order chi connectivity index (χ1) is 11.1. The van der Waals surface area contributed by atoms with E-state index in [1.165, 1.54) is 6.26 Å². The van der Waals surface area contributed by atoms with Gasteiger partial charge in [0.15, 0.2) is 0 Å². The maximum Gasteiger partial charge on any atom is 0.251 e. The summed E-state index contributed by atoms with van der Waals surface area (Å²) in [6.45, 7) is 1.65. The quantitative estimate of drug-likeness (QED) is 0.756. The van der Waals surface area contributed by atoms with E-state index in [0.717, 1.165) is 5.69 Å². The Morgan fingerprint density at radius 1 is 1.35 bits per heavy atom. The summed E-state index contributed by atoms with van der Waals surface area (Å²) in [5, 5.41) is 13.0. The van der Waals surface area contributed by atoms with E-state index in [2.05, 4.69) is 10.3 Å². The zero-order chi connectivity index (χ0) is 16.3. The van der Waals surface area contributed by atoms with Crippen LogP contribution >= 0.6 is 0 Å². The molecule has 0 aliphatic carbocycles. The molecule has 118 valence electrons. The summed E-state index contributed by atoms with van der Waals surface area (Å²) >= 11 is 0. The van der Waals surface area contributed by atoms with E-state index in [9.17, 15) is 9.90 Å².